The van der Waals surface area contributed by atoms with Gasteiger partial charge in [0, 0.05) is 0 Å². The van der Waals surface area contributed by atoms with Crippen molar-refractivity contribution in [2.24, 2.45) is 0 Å². The van der Waals surface area contributed by atoms with E-state index >= 15 is 0 Å². The van der Waals surface area contributed by atoms with E-state index in [1.165, 1.54) is 5.82 Å². The largest absolute Gasteiger partial charge is 0.439 e. The molecule has 70 valence electrons. The summed E-state index contributed by atoms with van der Waals surface area (Å²) < 4.78 is 10.9. The second kappa shape index (κ2) is 2.52. The van der Waals surface area contributed by atoms with Crippen LogP contribution in [0.25, 0.3) is 0 Å². The van der Waals surface area contributed by atoms with Gasteiger partial charge in [0.1, 0.15) is 17.0 Å². The Morgan fingerprint density at radius 1 is 1.17 bits per heavy atom. The number of hydrogen-bond donors (Lipinski definition) is 1. The Balaban J connectivity index is 2.95. The van der Waals surface area contributed by atoms with Crippen LogP contribution in [0.5, 0.6) is 0 Å². The Hall–Kier alpha value is 0.0500. The van der Waals surface area contributed by atoms with Gasteiger partial charge in [-0.1, -0.05) is 6.58 Å². The molecular formula is C8H16O3P+. The van der Waals surface area contributed by atoms with E-state index in [0.29, 0.717) is 0 Å². The van der Waals surface area contributed by atoms with Gasteiger partial charge in [-0.2, -0.15) is 13.9 Å². The van der Waals surface area contributed by atoms with E-state index in [4.69, 9.17) is 9.05 Å². The van der Waals surface area contributed by atoms with Crippen molar-refractivity contribution in [1.82, 2.24) is 0 Å². The maximum absolute atomic E-state index is 9.72. The van der Waals surface area contributed by atoms with Crippen LogP contribution < -0.4 is 0 Å². The summed E-state index contributed by atoms with van der Waals surface area (Å²) in [6.45, 7) is 11.1. The van der Waals surface area contributed by atoms with Gasteiger partial charge in [0.25, 0.3) is 0 Å². The van der Waals surface area contributed by atoms with Gasteiger partial charge in [-0.3, -0.25) is 0 Å². The van der Waals surface area contributed by atoms with Gasteiger partial charge in [-0.25, -0.2) is 0 Å². The molecular weight excluding hydrogens is 175 g/mol. The van der Waals surface area contributed by atoms with Crippen molar-refractivity contribution in [1.29, 1.82) is 0 Å². The highest BCUT2D eigenvalue weighted by molar-refractivity contribution is 7.64. The predicted octanol–water partition coefficient (Wildman–Crippen LogP) is 2.49. The molecule has 1 fully saturated rings. The zero-order valence-electron chi connectivity index (χ0n) is 8.00. The highest BCUT2D eigenvalue weighted by atomic mass is 31.2. The quantitative estimate of drug-likeness (QED) is 0.647. The summed E-state index contributed by atoms with van der Waals surface area (Å²) in [6, 6.07) is 0. The highest BCUT2D eigenvalue weighted by Gasteiger charge is 2.64. The minimum Gasteiger partial charge on any atom is -0.189 e. The first-order valence-electron chi connectivity index (χ1n) is 3.89. The molecule has 1 aliphatic heterocycles. The Bertz CT molecular complexity index is 194. The summed E-state index contributed by atoms with van der Waals surface area (Å²) in [5.41, 5.74) is -0.937. The number of rotatable bonds is 1. The molecule has 3 nitrogen and oxygen atoms in total. The van der Waals surface area contributed by atoms with Crippen molar-refractivity contribution in [2.45, 2.75) is 38.9 Å². The molecule has 1 N–H and O–H groups in total. The van der Waals surface area contributed by atoms with Gasteiger partial charge in [0.05, 0.1) is 0 Å². The summed E-state index contributed by atoms with van der Waals surface area (Å²) in [4.78, 5) is 9.72. The highest BCUT2D eigenvalue weighted by Crippen LogP contribution is 2.70. The predicted molar refractivity (Wildman–Crippen MR) is 49.7 cm³/mol. The molecule has 0 aromatic heterocycles. The van der Waals surface area contributed by atoms with Crippen LogP contribution in [0.4, 0.5) is 0 Å². The van der Waals surface area contributed by atoms with Crippen LogP contribution in [0, 0.1) is 0 Å². The topological polar surface area (TPSA) is 38.7 Å². The first kappa shape index (κ1) is 10.1. The van der Waals surface area contributed by atoms with Crippen molar-refractivity contribution < 1.29 is 13.9 Å². The lowest BCUT2D eigenvalue weighted by atomic mass is 9.90. The van der Waals surface area contributed by atoms with Crippen LogP contribution in [0.15, 0.2) is 12.4 Å². The molecule has 0 unspecified atom stereocenters. The lowest BCUT2D eigenvalue weighted by Gasteiger charge is -2.24. The maximum Gasteiger partial charge on any atom is 0.439 e. The fourth-order valence-corrected chi connectivity index (χ4v) is 2.90. The van der Waals surface area contributed by atoms with Crippen LogP contribution in [0.1, 0.15) is 27.7 Å². The van der Waals surface area contributed by atoms with Gasteiger partial charge >= 0.3 is 7.94 Å². The van der Waals surface area contributed by atoms with Gasteiger partial charge in [0.2, 0.25) is 0 Å². The van der Waals surface area contributed by atoms with Crippen molar-refractivity contribution in [3.8, 4) is 0 Å². The molecule has 0 aliphatic carbocycles. The van der Waals surface area contributed by atoms with Crippen LogP contribution in [0.3, 0.4) is 0 Å². The molecule has 0 spiro atoms. The second-order valence-corrected chi connectivity index (χ2v) is 5.81. The molecule has 1 heterocycles. The Morgan fingerprint density at radius 2 is 1.50 bits per heavy atom. The van der Waals surface area contributed by atoms with E-state index in [1.807, 2.05) is 27.7 Å². The van der Waals surface area contributed by atoms with Crippen LogP contribution in [-0.4, -0.2) is 16.1 Å². The van der Waals surface area contributed by atoms with Crippen LogP contribution >= 0.6 is 7.94 Å². The first-order valence-corrected chi connectivity index (χ1v) is 5.54. The molecule has 1 aliphatic rings. The third kappa shape index (κ3) is 1.42. The van der Waals surface area contributed by atoms with Gasteiger partial charge in [-0.05, 0) is 27.7 Å². The molecule has 0 atom stereocenters. The fourth-order valence-electron chi connectivity index (χ4n) is 0.967. The zero-order valence-corrected chi connectivity index (χ0v) is 8.89. The van der Waals surface area contributed by atoms with E-state index in [0.717, 1.165) is 0 Å². The van der Waals surface area contributed by atoms with E-state index < -0.39 is 19.1 Å². The summed E-state index contributed by atoms with van der Waals surface area (Å²) in [5.74, 6) is 1.36. The Morgan fingerprint density at radius 3 is 1.67 bits per heavy atom. The average molecular weight is 191 g/mol. The van der Waals surface area contributed by atoms with Crippen LogP contribution in [0.2, 0.25) is 0 Å². The Labute approximate surface area is 74.0 Å². The molecule has 1 rings (SSSR count). The summed E-state index contributed by atoms with van der Waals surface area (Å²) in [7, 11) is -2.78. The molecule has 0 saturated carbocycles. The smallest absolute Gasteiger partial charge is 0.189 e. The molecule has 0 aromatic carbocycles. The average Bonchev–Trinajstić information content (AvgIpc) is 1.99. The molecule has 0 radical (unpaired) electrons. The minimum absolute atomic E-state index is 0.469. The lowest BCUT2D eigenvalue weighted by molar-refractivity contribution is 0.00578. The van der Waals surface area contributed by atoms with Gasteiger partial charge in [0.15, 0.2) is 0 Å². The monoisotopic (exact) mass is 191 g/mol. The third-order valence-electron chi connectivity index (χ3n) is 2.40. The Kier molecular flexibility index (Phi) is 2.13. The molecule has 12 heavy (non-hydrogen) atoms. The maximum atomic E-state index is 9.72. The van der Waals surface area contributed by atoms with E-state index in [1.54, 1.807) is 0 Å². The molecule has 1 saturated heterocycles. The minimum atomic E-state index is -2.78. The second-order valence-electron chi connectivity index (χ2n) is 3.95. The molecule has 0 aromatic rings. The third-order valence-corrected chi connectivity index (χ3v) is 4.30. The van der Waals surface area contributed by atoms with E-state index in [2.05, 4.69) is 6.58 Å². The van der Waals surface area contributed by atoms with Gasteiger partial charge < -0.3 is 0 Å². The van der Waals surface area contributed by atoms with Crippen molar-refractivity contribution in [3.63, 3.8) is 0 Å². The van der Waals surface area contributed by atoms with Crippen molar-refractivity contribution in [2.75, 3.05) is 0 Å². The number of hydrogen-bond acceptors (Lipinski definition) is 3. The fraction of sp³-hybridized carbons (Fsp3) is 0.750. The summed E-state index contributed by atoms with van der Waals surface area (Å²) in [5, 5.41) is 0. The SMILES string of the molecule is C=C[P+]1(O)OC(C)(C)C(C)(C)O1. The lowest BCUT2D eigenvalue weighted by Crippen LogP contribution is -2.41. The summed E-state index contributed by atoms with van der Waals surface area (Å²) in [6.07, 6.45) is 0. The first-order chi connectivity index (χ1) is 5.22. The zero-order chi connectivity index (χ0) is 9.62. The normalized spacial score (nSPS) is 30.1. The standard InChI is InChI=1S/C8H16O3P/c1-6-12(9)10-7(2,3)8(4,5)11-12/h6,9H,1H2,2-5H3/q+1. The van der Waals surface area contributed by atoms with Crippen LogP contribution in [-0.2, 0) is 9.05 Å². The van der Waals surface area contributed by atoms with Crippen molar-refractivity contribution >= 4 is 7.94 Å². The molecule has 4 heteroatoms. The van der Waals surface area contributed by atoms with Crippen molar-refractivity contribution in [3.05, 3.63) is 12.4 Å². The van der Waals surface area contributed by atoms with E-state index in [-0.39, 0.29) is 0 Å². The van der Waals surface area contributed by atoms with E-state index in [9.17, 15) is 4.89 Å². The van der Waals surface area contributed by atoms with Gasteiger partial charge in [-0.15, -0.1) is 0 Å². The summed E-state index contributed by atoms with van der Waals surface area (Å²) >= 11 is 0. The molecule has 0 amide bonds. The molecule has 0 bridgehead atoms.